The van der Waals surface area contributed by atoms with Crippen molar-refractivity contribution >= 4 is 17.7 Å². The van der Waals surface area contributed by atoms with E-state index in [4.69, 9.17) is 16.3 Å². The Labute approximate surface area is 131 Å². The highest BCUT2D eigenvalue weighted by molar-refractivity contribution is 6.29. The second kappa shape index (κ2) is 5.84. The molecule has 1 amide bonds. The number of nitrogens with zero attached hydrogens (tertiary/aromatic N) is 2. The highest BCUT2D eigenvalue weighted by Gasteiger charge is 2.35. The number of pyridine rings is 1. The molecule has 0 fully saturated rings. The van der Waals surface area contributed by atoms with Gasteiger partial charge >= 0.3 is 6.09 Å². The molecular weight excluding hydrogens is 288 g/mol. The molecular formula is C16H23ClN2O2. The third-order valence-electron chi connectivity index (χ3n) is 3.58. The van der Waals surface area contributed by atoms with Crippen LogP contribution in [0.5, 0.6) is 0 Å². The topological polar surface area (TPSA) is 42.4 Å². The predicted octanol–water partition coefficient (Wildman–Crippen LogP) is 4.05. The Morgan fingerprint density at radius 2 is 2.10 bits per heavy atom. The third-order valence-corrected chi connectivity index (χ3v) is 3.79. The number of ether oxygens (including phenoxy) is 1. The molecule has 1 aromatic rings. The van der Waals surface area contributed by atoms with Gasteiger partial charge in [0, 0.05) is 18.2 Å². The lowest BCUT2D eigenvalue weighted by molar-refractivity contribution is 0.00618. The smallest absolute Gasteiger partial charge is 0.410 e. The number of carbonyl (C=O) groups is 1. The summed E-state index contributed by atoms with van der Waals surface area (Å²) in [4.78, 5) is 18.7. The Morgan fingerprint density at radius 3 is 2.67 bits per heavy atom. The van der Waals surface area contributed by atoms with Gasteiger partial charge in [-0.15, -0.1) is 0 Å². The van der Waals surface area contributed by atoms with Crippen molar-refractivity contribution in [3.05, 3.63) is 28.5 Å². The van der Waals surface area contributed by atoms with Gasteiger partial charge in [-0.1, -0.05) is 31.5 Å². The maximum atomic E-state index is 12.5. The molecule has 1 aliphatic heterocycles. The molecule has 0 bridgehead atoms. The van der Waals surface area contributed by atoms with Crippen LogP contribution in [0.1, 0.15) is 45.9 Å². The number of halogens is 1. The molecule has 0 N–H and O–H groups in total. The van der Waals surface area contributed by atoms with E-state index < -0.39 is 5.60 Å². The molecule has 0 saturated carbocycles. The Balaban J connectivity index is 2.28. The van der Waals surface area contributed by atoms with Gasteiger partial charge < -0.3 is 9.64 Å². The van der Waals surface area contributed by atoms with Crippen LogP contribution in [0.4, 0.5) is 4.79 Å². The summed E-state index contributed by atoms with van der Waals surface area (Å²) in [5.74, 6) is 0.325. The normalized spacial score (nSPS) is 18.6. The van der Waals surface area contributed by atoms with Crippen molar-refractivity contribution in [2.45, 2.75) is 59.2 Å². The van der Waals surface area contributed by atoms with Crippen molar-refractivity contribution in [3.8, 4) is 0 Å². The largest absolute Gasteiger partial charge is 0.444 e. The van der Waals surface area contributed by atoms with Gasteiger partial charge in [0.15, 0.2) is 0 Å². The van der Waals surface area contributed by atoms with Crippen molar-refractivity contribution in [1.82, 2.24) is 9.88 Å². The second-order valence-corrected chi connectivity index (χ2v) is 7.25. The molecule has 2 rings (SSSR count). The first-order valence-corrected chi connectivity index (χ1v) is 7.69. The van der Waals surface area contributed by atoms with Crippen molar-refractivity contribution < 1.29 is 9.53 Å². The molecule has 1 aromatic heterocycles. The molecule has 5 heteroatoms. The monoisotopic (exact) mass is 310 g/mol. The van der Waals surface area contributed by atoms with Gasteiger partial charge in [-0.2, -0.15) is 0 Å². The van der Waals surface area contributed by atoms with Crippen LogP contribution < -0.4 is 0 Å². The van der Waals surface area contributed by atoms with Gasteiger partial charge in [-0.05, 0) is 38.3 Å². The number of fused-ring (bicyclic) bond motifs is 1. The number of carbonyl (C=O) groups excluding carboxylic acids is 1. The van der Waals surface area contributed by atoms with Crippen LogP contribution in [-0.4, -0.2) is 27.6 Å². The summed E-state index contributed by atoms with van der Waals surface area (Å²) in [6.07, 6.45) is 0.453. The van der Waals surface area contributed by atoms with E-state index in [2.05, 4.69) is 18.8 Å². The minimum Gasteiger partial charge on any atom is -0.444 e. The highest BCUT2D eigenvalue weighted by atomic mass is 35.5. The lowest BCUT2D eigenvalue weighted by atomic mass is 9.91. The third kappa shape index (κ3) is 3.88. The van der Waals surface area contributed by atoms with Crippen LogP contribution in [0.15, 0.2) is 12.1 Å². The molecule has 0 radical (unpaired) electrons. The first-order chi connectivity index (χ1) is 9.67. The van der Waals surface area contributed by atoms with Crippen molar-refractivity contribution in [2.75, 3.05) is 0 Å². The van der Waals surface area contributed by atoms with E-state index >= 15 is 0 Å². The second-order valence-electron chi connectivity index (χ2n) is 6.86. The van der Waals surface area contributed by atoms with Crippen molar-refractivity contribution in [1.29, 1.82) is 0 Å². The van der Waals surface area contributed by atoms with Crippen LogP contribution in [-0.2, 0) is 17.7 Å². The molecule has 0 saturated heterocycles. The van der Waals surface area contributed by atoms with E-state index in [0.29, 0.717) is 24.0 Å². The first-order valence-electron chi connectivity index (χ1n) is 7.31. The number of amides is 1. The van der Waals surface area contributed by atoms with E-state index in [1.165, 1.54) is 0 Å². The van der Waals surface area contributed by atoms with Crippen LogP contribution in [0.25, 0.3) is 0 Å². The fraction of sp³-hybridized carbons (Fsp3) is 0.625. The summed E-state index contributed by atoms with van der Waals surface area (Å²) in [5.41, 5.74) is 1.54. The minimum absolute atomic E-state index is 0.0818. The summed E-state index contributed by atoms with van der Waals surface area (Å²) in [6, 6.07) is 3.79. The van der Waals surface area contributed by atoms with Gasteiger partial charge in [0.05, 0.1) is 6.54 Å². The number of aromatic nitrogens is 1. The van der Waals surface area contributed by atoms with Crippen LogP contribution in [0.3, 0.4) is 0 Å². The quantitative estimate of drug-likeness (QED) is 0.735. The lowest BCUT2D eigenvalue weighted by Gasteiger charge is -2.39. The molecule has 0 aromatic carbocycles. The van der Waals surface area contributed by atoms with Crippen molar-refractivity contribution in [2.24, 2.45) is 5.92 Å². The fourth-order valence-electron chi connectivity index (χ4n) is 2.55. The number of hydrogen-bond acceptors (Lipinski definition) is 3. The molecule has 4 nitrogen and oxygen atoms in total. The summed E-state index contributed by atoms with van der Waals surface area (Å²) >= 11 is 5.97. The van der Waals surface area contributed by atoms with E-state index in [1.54, 1.807) is 6.07 Å². The molecule has 0 spiro atoms. The molecule has 116 valence electrons. The number of rotatable bonds is 1. The maximum absolute atomic E-state index is 12.5. The average molecular weight is 311 g/mol. The SMILES string of the molecule is CC(C)C1Cc2nc(Cl)ccc2CN1C(=O)OC(C)(C)C. The Kier molecular flexibility index (Phi) is 4.47. The van der Waals surface area contributed by atoms with Crippen LogP contribution in [0.2, 0.25) is 5.15 Å². The Bertz CT molecular complexity index is 538. The zero-order valence-electron chi connectivity index (χ0n) is 13.3. The summed E-state index contributed by atoms with van der Waals surface area (Å²) < 4.78 is 5.54. The van der Waals surface area contributed by atoms with E-state index in [-0.39, 0.29) is 12.1 Å². The van der Waals surface area contributed by atoms with Crippen LogP contribution in [0, 0.1) is 5.92 Å². The van der Waals surface area contributed by atoms with E-state index in [9.17, 15) is 4.79 Å². The zero-order valence-corrected chi connectivity index (χ0v) is 14.1. The van der Waals surface area contributed by atoms with Gasteiger partial charge in [0.1, 0.15) is 10.8 Å². The summed E-state index contributed by atoms with van der Waals surface area (Å²) in [6.45, 7) is 10.4. The van der Waals surface area contributed by atoms with Gasteiger partial charge in [0.2, 0.25) is 0 Å². The minimum atomic E-state index is -0.489. The zero-order chi connectivity index (χ0) is 15.8. The molecule has 1 aliphatic rings. The molecule has 1 atom stereocenters. The molecule has 2 heterocycles. The van der Waals surface area contributed by atoms with E-state index in [1.807, 2.05) is 31.7 Å². The molecule has 1 unspecified atom stereocenters. The average Bonchev–Trinajstić information content (AvgIpc) is 2.34. The standard InChI is InChI=1S/C16H23ClN2O2/c1-10(2)13-8-12-11(6-7-14(17)18-12)9-19(13)15(20)21-16(3,4)5/h6-7,10,13H,8-9H2,1-5H3. The maximum Gasteiger partial charge on any atom is 0.410 e. The molecule has 0 aliphatic carbocycles. The van der Waals surface area contributed by atoms with Gasteiger partial charge in [-0.3, -0.25) is 0 Å². The summed E-state index contributed by atoms with van der Waals surface area (Å²) in [7, 11) is 0. The number of hydrogen-bond donors (Lipinski definition) is 0. The van der Waals surface area contributed by atoms with Crippen molar-refractivity contribution in [3.63, 3.8) is 0 Å². The first kappa shape index (κ1) is 16.1. The Morgan fingerprint density at radius 1 is 1.43 bits per heavy atom. The van der Waals surface area contributed by atoms with Gasteiger partial charge in [-0.25, -0.2) is 9.78 Å². The fourth-order valence-corrected chi connectivity index (χ4v) is 2.71. The summed E-state index contributed by atoms with van der Waals surface area (Å²) in [5, 5.41) is 0.502. The Hall–Kier alpha value is -1.29. The lowest BCUT2D eigenvalue weighted by Crippen LogP contribution is -2.49. The van der Waals surface area contributed by atoms with E-state index in [0.717, 1.165) is 11.3 Å². The predicted molar refractivity (Wildman–Crippen MR) is 83.4 cm³/mol. The van der Waals surface area contributed by atoms with Gasteiger partial charge in [0.25, 0.3) is 0 Å². The van der Waals surface area contributed by atoms with Crippen LogP contribution >= 0.6 is 11.6 Å². The molecule has 21 heavy (non-hydrogen) atoms. The highest BCUT2D eigenvalue weighted by Crippen LogP contribution is 2.28.